The van der Waals surface area contributed by atoms with Crippen LogP contribution in [0.3, 0.4) is 0 Å². The highest BCUT2D eigenvalue weighted by Gasteiger charge is 2.57. The van der Waals surface area contributed by atoms with Crippen molar-refractivity contribution in [2.75, 3.05) is 14.1 Å². The summed E-state index contributed by atoms with van der Waals surface area (Å²) in [4.78, 5) is 5.88. The molecule has 0 atom stereocenters. The van der Waals surface area contributed by atoms with E-state index in [0.717, 1.165) is 0 Å². The predicted molar refractivity (Wildman–Crippen MR) is 66.9 cm³/mol. The fourth-order valence-corrected chi connectivity index (χ4v) is 1.80. The standard InChI is InChI=1S/C13H16F2N2O/c1-12(2)13(14,15)9-6-5-7-10(11(9)18-12)16-8-17(3)4/h5-8H,1-4H3. The number of ether oxygens (including phenoxy) is 1. The maximum atomic E-state index is 14.1. The van der Waals surface area contributed by atoms with E-state index in [2.05, 4.69) is 4.99 Å². The highest BCUT2D eigenvalue weighted by molar-refractivity contribution is 5.68. The van der Waals surface area contributed by atoms with Crippen molar-refractivity contribution in [1.29, 1.82) is 0 Å². The summed E-state index contributed by atoms with van der Waals surface area (Å²) in [5.74, 6) is -2.84. The molecule has 0 spiro atoms. The van der Waals surface area contributed by atoms with Gasteiger partial charge < -0.3 is 9.64 Å². The fourth-order valence-electron chi connectivity index (χ4n) is 1.80. The molecule has 0 aliphatic carbocycles. The van der Waals surface area contributed by atoms with E-state index in [0.29, 0.717) is 5.69 Å². The Bertz CT molecular complexity index is 496. The Balaban J connectivity index is 2.50. The molecule has 0 saturated heterocycles. The summed E-state index contributed by atoms with van der Waals surface area (Å²) >= 11 is 0. The van der Waals surface area contributed by atoms with Crippen LogP contribution in [0.1, 0.15) is 19.4 Å². The normalized spacial score (nSPS) is 19.7. The SMILES string of the molecule is CN(C)C=Nc1cccc2c1OC(C)(C)C2(F)F. The van der Waals surface area contributed by atoms with Crippen LogP contribution in [0.25, 0.3) is 0 Å². The highest BCUT2D eigenvalue weighted by Crippen LogP contribution is 2.54. The zero-order valence-electron chi connectivity index (χ0n) is 10.9. The van der Waals surface area contributed by atoms with Crippen molar-refractivity contribution >= 4 is 12.0 Å². The molecule has 0 radical (unpaired) electrons. The zero-order chi connectivity index (χ0) is 13.6. The Labute approximate surface area is 105 Å². The Hall–Kier alpha value is -1.65. The molecular formula is C13H16F2N2O. The van der Waals surface area contributed by atoms with Crippen LogP contribution < -0.4 is 4.74 Å². The molecule has 0 N–H and O–H groups in total. The molecule has 1 aromatic rings. The quantitative estimate of drug-likeness (QED) is 0.598. The summed E-state index contributed by atoms with van der Waals surface area (Å²) in [5.41, 5.74) is -1.22. The minimum absolute atomic E-state index is 0.0964. The van der Waals surface area contributed by atoms with Gasteiger partial charge in [-0.15, -0.1) is 0 Å². The van der Waals surface area contributed by atoms with Gasteiger partial charge >= 0.3 is 5.92 Å². The van der Waals surface area contributed by atoms with E-state index in [1.54, 1.807) is 23.4 Å². The largest absolute Gasteiger partial charge is 0.478 e. The van der Waals surface area contributed by atoms with Crippen molar-refractivity contribution < 1.29 is 13.5 Å². The van der Waals surface area contributed by atoms with Gasteiger partial charge in [0.05, 0.1) is 11.9 Å². The lowest BCUT2D eigenvalue weighted by Gasteiger charge is -2.25. The molecule has 1 aliphatic heterocycles. The van der Waals surface area contributed by atoms with Gasteiger partial charge in [0.25, 0.3) is 0 Å². The predicted octanol–water partition coefficient (Wildman–Crippen LogP) is 3.17. The van der Waals surface area contributed by atoms with Crippen molar-refractivity contribution in [2.24, 2.45) is 4.99 Å². The molecule has 0 unspecified atom stereocenters. The molecule has 98 valence electrons. The highest BCUT2D eigenvalue weighted by atomic mass is 19.3. The van der Waals surface area contributed by atoms with Crippen LogP contribution in [0.2, 0.25) is 0 Å². The molecule has 1 heterocycles. The van der Waals surface area contributed by atoms with E-state index in [1.807, 2.05) is 14.1 Å². The molecule has 5 heteroatoms. The smallest absolute Gasteiger partial charge is 0.315 e. The molecule has 2 rings (SSSR count). The number of para-hydroxylation sites is 1. The lowest BCUT2D eigenvalue weighted by molar-refractivity contribution is -0.127. The average molecular weight is 254 g/mol. The molecule has 3 nitrogen and oxygen atoms in total. The third kappa shape index (κ3) is 1.83. The van der Waals surface area contributed by atoms with Gasteiger partial charge in [0.1, 0.15) is 5.69 Å². The number of rotatable bonds is 2. The molecule has 0 amide bonds. The van der Waals surface area contributed by atoms with Gasteiger partial charge in [-0.25, -0.2) is 4.99 Å². The van der Waals surface area contributed by atoms with E-state index in [4.69, 9.17) is 4.74 Å². The summed E-state index contributed by atoms with van der Waals surface area (Å²) in [6.45, 7) is 2.76. The van der Waals surface area contributed by atoms with Crippen LogP contribution >= 0.6 is 0 Å². The Kier molecular flexibility index (Phi) is 2.80. The van der Waals surface area contributed by atoms with Crippen LogP contribution in [0, 0.1) is 0 Å². The van der Waals surface area contributed by atoms with E-state index in [9.17, 15) is 8.78 Å². The van der Waals surface area contributed by atoms with E-state index >= 15 is 0 Å². The third-order valence-corrected chi connectivity index (χ3v) is 2.87. The molecule has 18 heavy (non-hydrogen) atoms. The fraction of sp³-hybridized carbons (Fsp3) is 0.462. The van der Waals surface area contributed by atoms with Gasteiger partial charge in [0, 0.05) is 14.1 Å². The molecular weight excluding hydrogens is 238 g/mol. The first-order valence-electron chi connectivity index (χ1n) is 5.66. The first kappa shape index (κ1) is 12.8. The third-order valence-electron chi connectivity index (χ3n) is 2.87. The number of nitrogens with zero attached hydrogens (tertiary/aromatic N) is 2. The number of aliphatic imine (C=N–C) groups is 1. The Morgan fingerprint density at radius 2 is 1.94 bits per heavy atom. The number of hydrogen-bond acceptors (Lipinski definition) is 2. The number of hydrogen-bond donors (Lipinski definition) is 0. The van der Waals surface area contributed by atoms with Crippen molar-refractivity contribution in [3.8, 4) is 5.75 Å². The molecule has 1 aliphatic rings. The molecule has 1 aromatic carbocycles. The second kappa shape index (κ2) is 3.93. The van der Waals surface area contributed by atoms with Gasteiger partial charge in [-0.3, -0.25) is 0 Å². The van der Waals surface area contributed by atoms with E-state index in [1.165, 1.54) is 19.9 Å². The molecule has 0 fully saturated rings. The van der Waals surface area contributed by atoms with Crippen LogP contribution in [0.4, 0.5) is 14.5 Å². The topological polar surface area (TPSA) is 24.8 Å². The van der Waals surface area contributed by atoms with Gasteiger partial charge in [-0.1, -0.05) is 6.07 Å². The van der Waals surface area contributed by atoms with Crippen molar-refractivity contribution in [3.05, 3.63) is 23.8 Å². The first-order chi connectivity index (χ1) is 8.25. The van der Waals surface area contributed by atoms with Gasteiger partial charge in [0.15, 0.2) is 11.4 Å². The van der Waals surface area contributed by atoms with Crippen molar-refractivity contribution in [3.63, 3.8) is 0 Å². The van der Waals surface area contributed by atoms with Crippen LogP contribution in [-0.4, -0.2) is 30.9 Å². The zero-order valence-corrected chi connectivity index (χ0v) is 10.9. The lowest BCUT2D eigenvalue weighted by atomic mass is 9.96. The van der Waals surface area contributed by atoms with Gasteiger partial charge in [0.2, 0.25) is 0 Å². The maximum Gasteiger partial charge on any atom is 0.315 e. The Morgan fingerprint density at radius 3 is 2.56 bits per heavy atom. The van der Waals surface area contributed by atoms with Crippen LogP contribution in [0.5, 0.6) is 5.75 Å². The number of fused-ring (bicyclic) bond motifs is 1. The molecule has 0 aromatic heterocycles. The van der Waals surface area contributed by atoms with E-state index in [-0.39, 0.29) is 11.3 Å². The van der Waals surface area contributed by atoms with Crippen LogP contribution in [0.15, 0.2) is 23.2 Å². The average Bonchev–Trinajstić information content (AvgIpc) is 2.43. The van der Waals surface area contributed by atoms with Crippen LogP contribution in [-0.2, 0) is 5.92 Å². The molecule has 0 saturated carbocycles. The summed E-state index contributed by atoms with van der Waals surface area (Å²) in [5, 5.41) is 0. The minimum Gasteiger partial charge on any atom is -0.478 e. The van der Waals surface area contributed by atoms with E-state index < -0.39 is 11.5 Å². The molecule has 0 bridgehead atoms. The van der Waals surface area contributed by atoms with Crippen molar-refractivity contribution in [2.45, 2.75) is 25.4 Å². The summed E-state index contributed by atoms with van der Waals surface area (Å²) < 4.78 is 33.6. The Morgan fingerprint density at radius 1 is 1.28 bits per heavy atom. The number of halogens is 2. The first-order valence-corrected chi connectivity index (χ1v) is 5.66. The summed E-state index contributed by atoms with van der Waals surface area (Å²) in [6, 6.07) is 4.62. The minimum atomic E-state index is -3.01. The second-order valence-corrected chi connectivity index (χ2v) is 5.05. The number of benzene rings is 1. The van der Waals surface area contributed by atoms with Gasteiger partial charge in [-0.2, -0.15) is 8.78 Å². The summed E-state index contributed by atoms with van der Waals surface area (Å²) in [6.07, 6.45) is 1.56. The van der Waals surface area contributed by atoms with Crippen molar-refractivity contribution in [1.82, 2.24) is 4.90 Å². The van der Waals surface area contributed by atoms with Gasteiger partial charge in [-0.05, 0) is 26.0 Å². The second-order valence-electron chi connectivity index (χ2n) is 5.05. The lowest BCUT2D eigenvalue weighted by Crippen LogP contribution is -2.39. The summed E-state index contributed by atoms with van der Waals surface area (Å²) in [7, 11) is 3.62. The maximum absolute atomic E-state index is 14.1. The monoisotopic (exact) mass is 254 g/mol. The number of alkyl halides is 2.